The molecule has 1 aromatic heterocycles. The Kier molecular flexibility index (Phi) is 3.52. The van der Waals surface area contributed by atoms with E-state index in [2.05, 4.69) is 4.98 Å². The van der Waals surface area contributed by atoms with Crippen molar-refractivity contribution in [2.45, 2.75) is 31.4 Å². The molecule has 0 aliphatic heterocycles. The van der Waals surface area contributed by atoms with Crippen molar-refractivity contribution in [3.8, 4) is 0 Å². The number of imidazole rings is 1. The predicted molar refractivity (Wildman–Crippen MR) is 64.7 cm³/mol. The molecule has 0 amide bonds. The molecule has 0 aliphatic rings. The van der Waals surface area contributed by atoms with Gasteiger partial charge >= 0.3 is 6.18 Å². The fourth-order valence-corrected chi connectivity index (χ4v) is 2.30. The summed E-state index contributed by atoms with van der Waals surface area (Å²) < 4.78 is 39.0. The number of aromatic nitrogens is 2. The number of hydrogen-bond donors (Lipinski definition) is 0. The third-order valence-corrected chi connectivity index (χ3v) is 3.00. The Morgan fingerprint density at radius 1 is 1.33 bits per heavy atom. The van der Waals surface area contributed by atoms with Crippen LogP contribution in [0.3, 0.4) is 0 Å². The van der Waals surface area contributed by atoms with Crippen LogP contribution in [-0.2, 0) is 5.88 Å². The highest BCUT2D eigenvalue weighted by Crippen LogP contribution is 2.31. The zero-order valence-electron chi connectivity index (χ0n) is 9.71. The summed E-state index contributed by atoms with van der Waals surface area (Å²) in [6.07, 6.45) is -5.09. The average molecular weight is 277 g/mol. The van der Waals surface area contributed by atoms with Crippen molar-refractivity contribution < 1.29 is 13.2 Å². The van der Waals surface area contributed by atoms with E-state index in [1.807, 2.05) is 0 Å². The van der Waals surface area contributed by atoms with Gasteiger partial charge in [0.25, 0.3) is 0 Å². The first-order chi connectivity index (χ1) is 8.42. The molecule has 0 radical (unpaired) electrons. The van der Waals surface area contributed by atoms with Gasteiger partial charge in [0.1, 0.15) is 5.82 Å². The summed E-state index contributed by atoms with van der Waals surface area (Å²) in [5, 5.41) is 0. The number of nitrogens with zero attached hydrogens (tertiary/aromatic N) is 2. The van der Waals surface area contributed by atoms with Crippen molar-refractivity contribution in [3.05, 3.63) is 30.1 Å². The maximum Gasteiger partial charge on any atom is 0.391 e. The number of para-hydroxylation sites is 2. The van der Waals surface area contributed by atoms with Crippen molar-refractivity contribution in [2.75, 3.05) is 0 Å². The highest BCUT2D eigenvalue weighted by Gasteiger charge is 2.31. The Hall–Kier alpha value is -1.23. The molecule has 0 aliphatic carbocycles. The topological polar surface area (TPSA) is 17.8 Å². The molecule has 2 aromatic rings. The molecule has 1 heterocycles. The van der Waals surface area contributed by atoms with Gasteiger partial charge in [0, 0.05) is 6.04 Å². The summed E-state index contributed by atoms with van der Waals surface area (Å²) in [5.74, 6) is 0.561. The van der Waals surface area contributed by atoms with Crippen LogP contribution in [0, 0.1) is 0 Å². The lowest BCUT2D eigenvalue weighted by Crippen LogP contribution is -2.17. The van der Waals surface area contributed by atoms with Gasteiger partial charge in [0.05, 0.1) is 23.3 Å². The minimum Gasteiger partial charge on any atom is -0.324 e. The van der Waals surface area contributed by atoms with Gasteiger partial charge < -0.3 is 4.57 Å². The first kappa shape index (κ1) is 13.2. The van der Waals surface area contributed by atoms with E-state index in [9.17, 15) is 13.2 Å². The van der Waals surface area contributed by atoms with Crippen LogP contribution < -0.4 is 0 Å². The van der Waals surface area contributed by atoms with Gasteiger partial charge in [0.2, 0.25) is 0 Å². The molecule has 0 N–H and O–H groups in total. The summed E-state index contributed by atoms with van der Waals surface area (Å²) in [7, 11) is 0. The van der Waals surface area contributed by atoms with E-state index >= 15 is 0 Å². The normalized spacial score (nSPS) is 14.1. The summed E-state index contributed by atoms with van der Waals surface area (Å²) in [5.41, 5.74) is 1.35. The Morgan fingerprint density at radius 3 is 2.61 bits per heavy atom. The van der Waals surface area contributed by atoms with Crippen LogP contribution in [0.4, 0.5) is 13.2 Å². The van der Waals surface area contributed by atoms with E-state index in [0.29, 0.717) is 16.9 Å². The lowest BCUT2D eigenvalue weighted by atomic mass is 10.2. The molecule has 0 spiro atoms. The first-order valence-corrected chi connectivity index (χ1v) is 6.04. The van der Waals surface area contributed by atoms with Crippen molar-refractivity contribution in [1.82, 2.24) is 9.55 Å². The minimum absolute atomic E-state index is 0.0941. The van der Waals surface area contributed by atoms with Gasteiger partial charge in [-0.05, 0) is 19.1 Å². The molecule has 0 fully saturated rings. The second-order valence-electron chi connectivity index (χ2n) is 4.19. The summed E-state index contributed by atoms with van der Waals surface area (Å²) >= 11 is 5.75. The quantitative estimate of drug-likeness (QED) is 0.765. The van der Waals surface area contributed by atoms with Crippen molar-refractivity contribution >= 4 is 22.6 Å². The van der Waals surface area contributed by atoms with Crippen LogP contribution in [0.1, 0.15) is 25.2 Å². The molecule has 1 atom stereocenters. The van der Waals surface area contributed by atoms with E-state index in [-0.39, 0.29) is 5.88 Å². The molecule has 0 saturated carbocycles. The molecular weight excluding hydrogens is 265 g/mol. The second kappa shape index (κ2) is 4.80. The zero-order valence-corrected chi connectivity index (χ0v) is 10.5. The number of halogens is 4. The van der Waals surface area contributed by atoms with E-state index in [4.69, 9.17) is 11.6 Å². The molecule has 2 nitrogen and oxygen atoms in total. The largest absolute Gasteiger partial charge is 0.391 e. The SMILES string of the molecule is CC(CC(F)(F)F)n1c(CCl)nc2ccccc21. The summed E-state index contributed by atoms with van der Waals surface area (Å²) in [4.78, 5) is 4.25. The van der Waals surface area contributed by atoms with Crippen LogP contribution in [0.5, 0.6) is 0 Å². The third-order valence-electron chi connectivity index (χ3n) is 2.76. The van der Waals surface area contributed by atoms with E-state index < -0.39 is 18.6 Å². The van der Waals surface area contributed by atoms with Gasteiger partial charge in [-0.25, -0.2) is 4.98 Å². The molecule has 2 rings (SSSR count). The molecule has 1 unspecified atom stereocenters. The Labute approximate surface area is 107 Å². The number of rotatable bonds is 3. The van der Waals surface area contributed by atoms with Gasteiger partial charge in [-0.2, -0.15) is 13.2 Å². The summed E-state index contributed by atoms with van der Waals surface area (Å²) in [6, 6.07) is 6.38. The van der Waals surface area contributed by atoms with Crippen LogP contribution in [0.15, 0.2) is 24.3 Å². The Balaban J connectivity index is 2.48. The molecular formula is C12H12ClF3N2. The molecule has 18 heavy (non-hydrogen) atoms. The molecule has 0 saturated heterocycles. The number of benzene rings is 1. The minimum atomic E-state index is -4.20. The van der Waals surface area contributed by atoms with E-state index in [1.54, 1.807) is 28.8 Å². The Morgan fingerprint density at radius 2 is 2.00 bits per heavy atom. The Bertz CT molecular complexity index is 548. The lowest BCUT2D eigenvalue weighted by molar-refractivity contribution is -0.141. The standard InChI is InChI=1S/C12H12ClF3N2/c1-8(6-12(14,15)16)18-10-5-3-2-4-9(10)17-11(18)7-13/h2-5,8H,6-7H2,1H3. The van der Waals surface area contributed by atoms with Crippen LogP contribution >= 0.6 is 11.6 Å². The van der Waals surface area contributed by atoms with Crippen LogP contribution in [0.2, 0.25) is 0 Å². The zero-order chi connectivity index (χ0) is 13.3. The number of alkyl halides is 4. The van der Waals surface area contributed by atoms with E-state index in [1.165, 1.54) is 6.92 Å². The van der Waals surface area contributed by atoms with Crippen LogP contribution in [0.25, 0.3) is 11.0 Å². The molecule has 6 heteroatoms. The lowest BCUT2D eigenvalue weighted by Gasteiger charge is -2.18. The van der Waals surface area contributed by atoms with Crippen LogP contribution in [-0.4, -0.2) is 15.7 Å². The third kappa shape index (κ3) is 2.61. The smallest absolute Gasteiger partial charge is 0.324 e. The maximum atomic E-state index is 12.5. The number of hydrogen-bond acceptors (Lipinski definition) is 1. The predicted octanol–water partition coefficient (Wildman–Crippen LogP) is 4.29. The fourth-order valence-electron chi connectivity index (χ4n) is 2.11. The molecule has 1 aromatic carbocycles. The average Bonchev–Trinajstić information content (AvgIpc) is 2.64. The van der Waals surface area contributed by atoms with Crippen molar-refractivity contribution in [2.24, 2.45) is 0 Å². The van der Waals surface area contributed by atoms with Crippen molar-refractivity contribution in [1.29, 1.82) is 0 Å². The summed E-state index contributed by atoms with van der Waals surface area (Å²) in [6.45, 7) is 1.53. The van der Waals surface area contributed by atoms with Gasteiger partial charge in [0.15, 0.2) is 0 Å². The fraction of sp³-hybridized carbons (Fsp3) is 0.417. The second-order valence-corrected chi connectivity index (χ2v) is 4.46. The van der Waals surface area contributed by atoms with E-state index in [0.717, 1.165) is 0 Å². The highest BCUT2D eigenvalue weighted by atomic mass is 35.5. The molecule has 0 bridgehead atoms. The maximum absolute atomic E-state index is 12.5. The molecule has 98 valence electrons. The van der Waals surface area contributed by atoms with Crippen molar-refractivity contribution in [3.63, 3.8) is 0 Å². The monoisotopic (exact) mass is 276 g/mol. The first-order valence-electron chi connectivity index (χ1n) is 5.51. The number of fused-ring (bicyclic) bond motifs is 1. The van der Waals surface area contributed by atoms with Gasteiger partial charge in [-0.3, -0.25) is 0 Å². The van der Waals surface area contributed by atoms with Gasteiger partial charge in [-0.1, -0.05) is 12.1 Å². The highest BCUT2D eigenvalue weighted by molar-refractivity contribution is 6.16. The van der Waals surface area contributed by atoms with Gasteiger partial charge in [-0.15, -0.1) is 11.6 Å².